The topological polar surface area (TPSA) is 41.1 Å². The van der Waals surface area contributed by atoms with E-state index in [0.29, 0.717) is 12.1 Å². The molecule has 2 fully saturated rings. The van der Waals surface area contributed by atoms with E-state index < -0.39 is 0 Å². The van der Waals surface area contributed by atoms with Crippen molar-refractivity contribution in [2.45, 2.75) is 31.8 Å². The summed E-state index contributed by atoms with van der Waals surface area (Å²) >= 11 is 1.57. The van der Waals surface area contributed by atoms with E-state index in [1.807, 2.05) is 12.1 Å². The molecular weight excluding hydrogens is 292 g/mol. The molecule has 1 aliphatic heterocycles. The monoisotopic (exact) mass is 312 g/mol. The Morgan fingerprint density at radius 2 is 2.18 bits per heavy atom. The van der Waals surface area contributed by atoms with E-state index in [-0.39, 0.29) is 5.91 Å². The van der Waals surface area contributed by atoms with Crippen molar-refractivity contribution in [1.29, 1.82) is 0 Å². The molecule has 1 amide bonds. The van der Waals surface area contributed by atoms with E-state index in [1.54, 1.807) is 11.3 Å². The van der Waals surface area contributed by atoms with Crippen LogP contribution in [0.25, 0.3) is 10.4 Å². The van der Waals surface area contributed by atoms with Gasteiger partial charge in [0.25, 0.3) is 5.91 Å². The molecule has 1 saturated heterocycles. The molecule has 3 unspecified atom stereocenters. The first-order valence-corrected chi connectivity index (χ1v) is 8.72. The van der Waals surface area contributed by atoms with Gasteiger partial charge in [-0.05, 0) is 49.9 Å². The molecule has 0 radical (unpaired) electrons. The Balaban J connectivity index is 1.48. The number of piperidine rings is 1. The lowest BCUT2D eigenvalue weighted by molar-refractivity contribution is 0.0932. The van der Waals surface area contributed by atoms with E-state index in [2.05, 4.69) is 41.8 Å². The zero-order valence-corrected chi connectivity index (χ0v) is 13.5. The average Bonchev–Trinajstić information content (AvgIpc) is 3.23. The van der Waals surface area contributed by atoms with Crippen molar-refractivity contribution in [3.63, 3.8) is 0 Å². The average molecular weight is 312 g/mol. The van der Waals surface area contributed by atoms with Gasteiger partial charge in [0, 0.05) is 17.0 Å². The van der Waals surface area contributed by atoms with E-state index in [0.717, 1.165) is 28.6 Å². The van der Waals surface area contributed by atoms with Gasteiger partial charge in [-0.3, -0.25) is 4.79 Å². The highest BCUT2D eigenvalue weighted by molar-refractivity contribution is 7.17. The molecule has 2 aliphatic rings. The van der Waals surface area contributed by atoms with Crippen LogP contribution in [-0.2, 0) is 0 Å². The van der Waals surface area contributed by atoms with Crippen molar-refractivity contribution < 1.29 is 4.79 Å². The van der Waals surface area contributed by atoms with Crippen LogP contribution in [0.5, 0.6) is 0 Å². The summed E-state index contributed by atoms with van der Waals surface area (Å²) in [6, 6.07) is 13.2. The number of aryl methyl sites for hydroxylation is 1. The van der Waals surface area contributed by atoms with Gasteiger partial charge in [0.1, 0.15) is 0 Å². The minimum atomic E-state index is 0.0725. The van der Waals surface area contributed by atoms with Crippen LogP contribution in [0.15, 0.2) is 36.4 Å². The molecule has 22 heavy (non-hydrogen) atoms. The number of thiophene rings is 1. The zero-order valence-electron chi connectivity index (χ0n) is 12.6. The largest absolute Gasteiger partial charge is 0.347 e. The number of nitrogens with one attached hydrogen (secondary N) is 2. The minimum absolute atomic E-state index is 0.0725. The first-order chi connectivity index (χ1) is 10.7. The van der Waals surface area contributed by atoms with Crippen molar-refractivity contribution in [1.82, 2.24) is 10.6 Å². The van der Waals surface area contributed by atoms with Crippen LogP contribution in [-0.4, -0.2) is 24.5 Å². The minimum Gasteiger partial charge on any atom is -0.347 e. The van der Waals surface area contributed by atoms with Crippen LogP contribution in [0.4, 0.5) is 0 Å². The molecule has 3 atom stereocenters. The van der Waals surface area contributed by atoms with Crippen molar-refractivity contribution in [3.05, 3.63) is 46.8 Å². The third-order valence-electron chi connectivity index (χ3n) is 4.78. The number of carbonyl (C=O) groups excluding carboxylic acids is 1. The summed E-state index contributed by atoms with van der Waals surface area (Å²) in [5.74, 6) is 0.824. The van der Waals surface area contributed by atoms with Gasteiger partial charge in [-0.2, -0.15) is 0 Å². The van der Waals surface area contributed by atoms with Crippen LogP contribution in [0.2, 0.25) is 0 Å². The van der Waals surface area contributed by atoms with Crippen molar-refractivity contribution in [3.8, 4) is 10.4 Å². The molecule has 1 aromatic heterocycles. The Bertz CT molecular complexity index is 709. The Morgan fingerprint density at radius 1 is 1.27 bits per heavy atom. The molecule has 1 saturated carbocycles. The number of hydrogen-bond donors (Lipinski definition) is 2. The molecule has 114 valence electrons. The molecular formula is C18H20N2OS. The zero-order chi connectivity index (χ0) is 15.1. The SMILES string of the molecule is Cc1cccc(-c2ccc(C(=O)NC3CC4CNC3C4)s2)c1. The van der Waals surface area contributed by atoms with Crippen LogP contribution < -0.4 is 10.6 Å². The molecule has 1 aliphatic carbocycles. The summed E-state index contributed by atoms with van der Waals surface area (Å²) in [6.45, 7) is 3.21. The summed E-state index contributed by atoms with van der Waals surface area (Å²) in [7, 11) is 0. The molecule has 2 heterocycles. The fraction of sp³-hybridized carbons (Fsp3) is 0.389. The van der Waals surface area contributed by atoms with Gasteiger partial charge in [0.2, 0.25) is 0 Å². The number of fused-ring (bicyclic) bond motifs is 2. The first kappa shape index (κ1) is 14.0. The lowest BCUT2D eigenvalue weighted by Gasteiger charge is -2.23. The van der Waals surface area contributed by atoms with E-state index >= 15 is 0 Å². The third kappa shape index (κ3) is 2.57. The Hall–Kier alpha value is -1.65. The van der Waals surface area contributed by atoms with Crippen LogP contribution >= 0.6 is 11.3 Å². The maximum absolute atomic E-state index is 12.5. The highest BCUT2D eigenvalue weighted by Gasteiger charge is 2.40. The molecule has 2 N–H and O–H groups in total. The van der Waals surface area contributed by atoms with Gasteiger partial charge >= 0.3 is 0 Å². The highest BCUT2D eigenvalue weighted by Crippen LogP contribution is 2.32. The first-order valence-electron chi connectivity index (χ1n) is 7.90. The molecule has 2 bridgehead atoms. The summed E-state index contributed by atoms with van der Waals surface area (Å²) in [4.78, 5) is 14.4. The Labute approximate surface area is 134 Å². The van der Waals surface area contributed by atoms with Gasteiger partial charge in [-0.15, -0.1) is 11.3 Å². The standard InChI is InChI=1S/C18H20N2OS/c1-11-3-2-4-13(7-11)16-5-6-17(22-16)18(21)20-15-9-12-8-14(15)19-10-12/h2-7,12,14-15,19H,8-10H2,1H3,(H,20,21). The summed E-state index contributed by atoms with van der Waals surface area (Å²) in [5.41, 5.74) is 2.43. The number of hydrogen-bond acceptors (Lipinski definition) is 3. The second-order valence-corrected chi connectivity index (χ2v) is 7.55. The van der Waals surface area contributed by atoms with E-state index in [4.69, 9.17) is 0 Å². The number of benzene rings is 1. The third-order valence-corrected chi connectivity index (χ3v) is 5.91. The fourth-order valence-corrected chi connectivity index (χ4v) is 4.57. The second-order valence-electron chi connectivity index (χ2n) is 6.47. The fourth-order valence-electron chi connectivity index (χ4n) is 3.67. The van der Waals surface area contributed by atoms with E-state index in [9.17, 15) is 4.79 Å². The lowest BCUT2D eigenvalue weighted by Crippen LogP contribution is -2.47. The second kappa shape index (κ2) is 5.52. The molecule has 3 nitrogen and oxygen atoms in total. The Morgan fingerprint density at radius 3 is 2.91 bits per heavy atom. The molecule has 0 spiro atoms. The highest BCUT2D eigenvalue weighted by atomic mass is 32.1. The number of rotatable bonds is 3. The van der Waals surface area contributed by atoms with Crippen molar-refractivity contribution in [2.75, 3.05) is 6.54 Å². The molecule has 2 aromatic rings. The van der Waals surface area contributed by atoms with Gasteiger partial charge in [-0.1, -0.05) is 29.8 Å². The lowest BCUT2D eigenvalue weighted by atomic mass is 10.1. The molecule has 4 heteroatoms. The number of amides is 1. The molecule has 1 aromatic carbocycles. The van der Waals surface area contributed by atoms with Crippen molar-refractivity contribution >= 4 is 17.2 Å². The summed E-state index contributed by atoms with van der Waals surface area (Å²) in [5, 5.41) is 6.70. The van der Waals surface area contributed by atoms with Gasteiger partial charge in [-0.25, -0.2) is 0 Å². The quantitative estimate of drug-likeness (QED) is 0.914. The predicted molar refractivity (Wildman–Crippen MR) is 90.3 cm³/mol. The maximum atomic E-state index is 12.5. The number of carbonyl (C=O) groups is 1. The van der Waals surface area contributed by atoms with Crippen LogP contribution in [0.3, 0.4) is 0 Å². The van der Waals surface area contributed by atoms with E-state index in [1.165, 1.54) is 17.5 Å². The maximum Gasteiger partial charge on any atom is 0.261 e. The summed E-state index contributed by atoms with van der Waals surface area (Å²) in [6.07, 6.45) is 2.34. The van der Waals surface area contributed by atoms with Crippen LogP contribution in [0, 0.1) is 12.8 Å². The Kier molecular flexibility index (Phi) is 3.51. The molecule has 4 rings (SSSR count). The summed E-state index contributed by atoms with van der Waals surface area (Å²) < 4.78 is 0. The van der Waals surface area contributed by atoms with Gasteiger partial charge in [0.15, 0.2) is 0 Å². The van der Waals surface area contributed by atoms with Gasteiger partial charge < -0.3 is 10.6 Å². The van der Waals surface area contributed by atoms with Crippen molar-refractivity contribution in [2.24, 2.45) is 5.92 Å². The smallest absolute Gasteiger partial charge is 0.261 e. The normalized spacial score (nSPS) is 26.3. The van der Waals surface area contributed by atoms with Crippen LogP contribution in [0.1, 0.15) is 28.1 Å². The van der Waals surface area contributed by atoms with Gasteiger partial charge in [0.05, 0.1) is 4.88 Å². The predicted octanol–water partition coefficient (Wildman–Crippen LogP) is 3.20.